The quantitative estimate of drug-likeness (QED) is 0.867. The van der Waals surface area contributed by atoms with Gasteiger partial charge in [0.2, 0.25) is 0 Å². The molecule has 0 saturated heterocycles. The average Bonchev–Trinajstić information content (AvgIpc) is 2.89. The molecule has 96 valence electrons. The van der Waals surface area contributed by atoms with Gasteiger partial charge in [-0.25, -0.2) is 0 Å². The van der Waals surface area contributed by atoms with Crippen LogP contribution in [0.25, 0.3) is 0 Å². The summed E-state index contributed by atoms with van der Waals surface area (Å²) in [4.78, 5) is 5.59. The Morgan fingerprint density at radius 3 is 2.71 bits per heavy atom. The van der Waals surface area contributed by atoms with Crippen molar-refractivity contribution in [3.63, 3.8) is 0 Å². The molecule has 0 aromatic carbocycles. The zero-order valence-electron chi connectivity index (χ0n) is 11.0. The van der Waals surface area contributed by atoms with E-state index in [9.17, 15) is 0 Å². The zero-order valence-corrected chi connectivity index (χ0v) is 11.8. The molecule has 2 rings (SSSR count). The average molecular weight is 252 g/mol. The molecule has 1 atom stereocenters. The van der Waals surface area contributed by atoms with Crippen molar-refractivity contribution in [1.82, 2.24) is 10.3 Å². The molecular weight excluding hydrogens is 228 g/mol. The lowest BCUT2D eigenvalue weighted by atomic mass is 9.77. The van der Waals surface area contributed by atoms with Crippen LogP contribution in [0.4, 0.5) is 0 Å². The van der Waals surface area contributed by atoms with Gasteiger partial charge in [0, 0.05) is 17.1 Å². The molecule has 1 N–H and O–H groups in total. The second-order valence-corrected chi connectivity index (χ2v) is 6.23. The Morgan fingerprint density at radius 1 is 1.41 bits per heavy atom. The number of rotatable bonds is 5. The fourth-order valence-corrected chi connectivity index (χ4v) is 3.72. The third-order valence-corrected chi connectivity index (χ3v) is 5.12. The van der Waals surface area contributed by atoms with Crippen LogP contribution < -0.4 is 5.32 Å². The van der Waals surface area contributed by atoms with Gasteiger partial charge in [0.25, 0.3) is 0 Å². The lowest BCUT2D eigenvalue weighted by Crippen LogP contribution is -2.37. The van der Waals surface area contributed by atoms with Crippen molar-refractivity contribution in [2.24, 2.45) is 11.8 Å². The summed E-state index contributed by atoms with van der Waals surface area (Å²) in [6.07, 6.45) is 10.2. The zero-order chi connectivity index (χ0) is 12.1. The second-order valence-electron chi connectivity index (χ2n) is 5.26. The predicted octanol–water partition coefficient (Wildman–Crippen LogP) is 3.49. The van der Waals surface area contributed by atoms with E-state index in [2.05, 4.69) is 24.3 Å². The Hall–Kier alpha value is -0.410. The van der Waals surface area contributed by atoms with E-state index in [0.717, 1.165) is 18.3 Å². The third kappa shape index (κ3) is 3.52. The van der Waals surface area contributed by atoms with Crippen molar-refractivity contribution in [3.8, 4) is 0 Å². The highest BCUT2D eigenvalue weighted by atomic mass is 32.1. The summed E-state index contributed by atoms with van der Waals surface area (Å²) in [6.45, 7) is 2.33. The number of hydrogen-bond acceptors (Lipinski definition) is 3. The first kappa shape index (κ1) is 13.0. The minimum absolute atomic E-state index is 0.647. The molecule has 0 radical (unpaired) electrons. The summed E-state index contributed by atoms with van der Waals surface area (Å²) in [5.41, 5.74) is 1.94. The molecule has 0 spiro atoms. The molecule has 0 aliphatic heterocycles. The van der Waals surface area contributed by atoms with Gasteiger partial charge >= 0.3 is 0 Å². The molecule has 17 heavy (non-hydrogen) atoms. The van der Waals surface area contributed by atoms with Crippen molar-refractivity contribution in [2.75, 3.05) is 7.05 Å². The van der Waals surface area contributed by atoms with Crippen LogP contribution in [0.1, 0.15) is 43.9 Å². The van der Waals surface area contributed by atoms with Crippen LogP contribution in [-0.2, 0) is 6.42 Å². The van der Waals surface area contributed by atoms with Crippen LogP contribution in [0, 0.1) is 11.8 Å². The van der Waals surface area contributed by atoms with Crippen LogP contribution in [-0.4, -0.2) is 18.1 Å². The summed E-state index contributed by atoms with van der Waals surface area (Å²) in [5.74, 6) is 1.86. The largest absolute Gasteiger partial charge is 0.316 e. The van der Waals surface area contributed by atoms with Gasteiger partial charge in [0.05, 0.1) is 5.51 Å². The number of nitrogens with zero attached hydrogens (tertiary/aromatic N) is 1. The van der Waals surface area contributed by atoms with Gasteiger partial charge in [-0.1, -0.05) is 26.2 Å². The molecule has 1 aromatic heterocycles. The Balaban J connectivity index is 1.86. The van der Waals surface area contributed by atoms with Crippen LogP contribution in [0.15, 0.2) is 11.7 Å². The van der Waals surface area contributed by atoms with Gasteiger partial charge < -0.3 is 5.32 Å². The van der Waals surface area contributed by atoms with E-state index in [1.165, 1.54) is 37.0 Å². The standard InChI is InChI=1S/C14H24N2S/c1-3-11-4-6-12(7-5-11)14(15-2)8-13-9-16-10-17-13/h9-12,14-15H,3-8H2,1-2H3. The highest BCUT2D eigenvalue weighted by molar-refractivity contribution is 7.09. The maximum atomic E-state index is 4.17. The minimum Gasteiger partial charge on any atom is -0.316 e. The normalized spacial score (nSPS) is 26.9. The van der Waals surface area contributed by atoms with E-state index < -0.39 is 0 Å². The number of nitrogens with one attached hydrogen (secondary N) is 1. The van der Waals surface area contributed by atoms with Crippen LogP contribution in [0.2, 0.25) is 0 Å². The molecular formula is C14H24N2S. The maximum absolute atomic E-state index is 4.17. The third-order valence-electron chi connectivity index (χ3n) is 4.31. The van der Waals surface area contributed by atoms with Gasteiger partial charge in [-0.05, 0) is 38.1 Å². The summed E-state index contributed by atoms with van der Waals surface area (Å²) in [7, 11) is 2.11. The lowest BCUT2D eigenvalue weighted by molar-refractivity contribution is 0.222. The van der Waals surface area contributed by atoms with Gasteiger partial charge in [-0.2, -0.15) is 0 Å². The van der Waals surface area contributed by atoms with E-state index in [-0.39, 0.29) is 0 Å². The fourth-order valence-electron chi connectivity index (χ4n) is 3.06. The van der Waals surface area contributed by atoms with Gasteiger partial charge in [0.1, 0.15) is 0 Å². The van der Waals surface area contributed by atoms with Crippen LogP contribution >= 0.6 is 11.3 Å². The molecule has 1 saturated carbocycles. The number of aromatic nitrogens is 1. The molecule has 3 heteroatoms. The predicted molar refractivity (Wildman–Crippen MR) is 74.4 cm³/mol. The van der Waals surface area contributed by atoms with Crippen molar-refractivity contribution < 1.29 is 0 Å². The summed E-state index contributed by atoms with van der Waals surface area (Å²) >= 11 is 1.78. The first-order valence-corrected chi connectivity index (χ1v) is 7.76. The first-order valence-electron chi connectivity index (χ1n) is 6.88. The number of hydrogen-bond donors (Lipinski definition) is 1. The molecule has 0 bridgehead atoms. The molecule has 0 amide bonds. The van der Waals surface area contributed by atoms with Crippen molar-refractivity contribution in [1.29, 1.82) is 0 Å². The molecule has 1 aliphatic carbocycles. The first-order chi connectivity index (χ1) is 8.33. The van der Waals surface area contributed by atoms with E-state index in [4.69, 9.17) is 0 Å². The highest BCUT2D eigenvalue weighted by Gasteiger charge is 2.26. The lowest BCUT2D eigenvalue weighted by Gasteiger charge is -2.33. The van der Waals surface area contributed by atoms with Gasteiger partial charge in [-0.15, -0.1) is 11.3 Å². The fraction of sp³-hybridized carbons (Fsp3) is 0.786. The number of likely N-dealkylation sites (N-methyl/N-ethyl adjacent to an activating group) is 1. The highest BCUT2D eigenvalue weighted by Crippen LogP contribution is 2.33. The van der Waals surface area contributed by atoms with Crippen molar-refractivity contribution in [3.05, 3.63) is 16.6 Å². The second kappa shape index (κ2) is 6.50. The molecule has 1 aromatic rings. The van der Waals surface area contributed by atoms with E-state index in [1.807, 2.05) is 11.7 Å². The molecule has 1 aliphatic rings. The molecule has 1 heterocycles. The Kier molecular flexibility index (Phi) is 4.99. The SMILES string of the molecule is CCC1CCC(C(Cc2cncs2)NC)CC1. The van der Waals surface area contributed by atoms with Crippen LogP contribution in [0.3, 0.4) is 0 Å². The Bertz CT molecular complexity index is 302. The van der Waals surface area contributed by atoms with E-state index in [0.29, 0.717) is 6.04 Å². The number of thiazole rings is 1. The van der Waals surface area contributed by atoms with Crippen molar-refractivity contribution >= 4 is 11.3 Å². The minimum atomic E-state index is 0.647. The van der Waals surface area contributed by atoms with E-state index in [1.54, 1.807) is 11.3 Å². The summed E-state index contributed by atoms with van der Waals surface area (Å²) < 4.78 is 0. The van der Waals surface area contributed by atoms with Gasteiger partial charge in [-0.3, -0.25) is 4.98 Å². The summed E-state index contributed by atoms with van der Waals surface area (Å²) in [6, 6.07) is 0.647. The molecule has 1 unspecified atom stereocenters. The molecule has 2 nitrogen and oxygen atoms in total. The van der Waals surface area contributed by atoms with E-state index >= 15 is 0 Å². The van der Waals surface area contributed by atoms with Crippen LogP contribution in [0.5, 0.6) is 0 Å². The topological polar surface area (TPSA) is 24.9 Å². The molecule has 1 fully saturated rings. The monoisotopic (exact) mass is 252 g/mol. The van der Waals surface area contributed by atoms with Gasteiger partial charge in [0.15, 0.2) is 0 Å². The Morgan fingerprint density at radius 2 is 2.18 bits per heavy atom. The Labute approximate surface area is 109 Å². The van der Waals surface area contributed by atoms with Crippen molar-refractivity contribution in [2.45, 2.75) is 51.5 Å². The summed E-state index contributed by atoms with van der Waals surface area (Å²) in [5, 5.41) is 3.52. The smallest absolute Gasteiger partial charge is 0.0794 e. The maximum Gasteiger partial charge on any atom is 0.0794 e.